The van der Waals surface area contributed by atoms with Crippen LogP contribution in [-0.4, -0.2) is 29.6 Å². The van der Waals surface area contributed by atoms with Crippen molar-refractivity contribution in [3.8, 4) is 11.5 Å². The molecule has 2 atom stereocenters. The number of ether oxygens (including phenoxy) is 3. The largest absolute Gasteiger partial charge is 0.456 e. The maximum atomic E-state index is 13.5. The molecule has 0 fully saturated rings. The topological polar surface area (TPSA) is 115 Å². The van der Waals surface area contributed by atoms with Gasteiger partial charge in [0.2, 0.25) is 5.91 Å². The smallest absolute Gasteiger partial charge is 0.408 e. The highest BCUT2D eigenvalue weighted by Gasteiger charge is 2.53. The van der Waals surface area contributed by atoms with Crippen LogP contribution in [0.1, 0.15) is 79.2 Å². The molecule has 0 saturated carbocycles. The second-order valence-corrected chi connectivity index (χ2v) is 14.3. The molecule has 1 spiro atoms. The number of amides is 2. The third kappa shape index (κ3) is 7.15. The number of alkyl carbamates (subject to hydrolysis) is 1. The van der Waals surface area contributed by atoms with Crippen molar-refractivity contribution in [2.45, 2.75) is 70.2 Å². The lowest BCUT2D eigenvalue weighted by molar-refractivity contribution is -0.118. The van der Waals surface area contributed by atoms with Crippen LogP contribution in [0.4, 0.5) is 16.2 Å². The lowest BCUT2D eigenvalue weighted by Crippen LogP contribution is -2.46. The third-order valence-electron chi connectivity index (χ3n) is 8.37. The number of hydrogen-bond acceptors (Lipinski definition) is 7. The number of anilines is 2. The normalized spacial score (nSPS) is 16.5. The monoisotopic (exact) mass is 725 g/mol. The highest BCUT2D eigenvalue weighted by Crippen LogP contribution is 2.56. The van der Waals surface area contributed by atoms with Crippen molar-refractivity contribution in [1.29, 1.82) is 0 Å². The number of nitrogens with one attached hydrogen (secondary N) is 3. The maximum absolute atomic E-state index is 13.5. The van der Waals surface area contributed by atoms with Crippen LogP contribution in [0.5, 0.6) is 11.5 Å². The van der Waals surface area contributed by atoms with Gasteiger partial charge in [0.05, 0.1) is 5.56 Å². The molecule has 4 aromatic rings. The van der Waals surface area contributed by atoms with Crippen LogP contribution < -0.4 is 20.7 Å². The summed E-state index contributed by atoms with van der Waals surface area (Å²) in [7, 11) is 0. The minimum absolute atomic E-state index is 0.127. The lowest BCUT2D eigenvalue weighted by Gasteiger charge is -2.37. The number of benzene rings is 4. The summed E-state index contributed by atoms with van der Waals surface area (Å²) in [5, 5.41) is 9.93. The highest BCUT2D eigenvalue weighted by molar-refractivity contribution is 9.08. The first-order chi connectivity index (χ1) is 23.4. The number of esters is 1. The SMILES string of the molecule is CC(C)C[C@H](NC(=O)OC(C)(C)C)C(=O)Nc1ccc2c(c1)Oc1cc(NCc3ccc(CBr)cc3)ccc1C21OC(=O)c2ccccc21. The van der Waals surface area contributed by atoms with E-state index in [0.29, 0.717) is 52.4 Å². The molecule has 49 heavy (non-hydrogen) atoms. The van der Waals surface area contributed by atoms with Crippen LogP contribution in [-0.2, 0) is 31.7 Å². The molecule has 0 bridgehead atoms. The van der Waals surface area contributed by atoms with Crippen molar-refractivity contribution >= 4 is 45.3 Å². The van der Waals surface area contributed by atoms with Gasteiger partial charge in [-0.05, 0) is 74.6 Å². The minimum Gasteiger partial charge on any atom is -0.456 e. The molecule has 6 rings (SSSR count). The van der Waals surface area contributed by atoms with E-state index in [0.717, 1.165) is 16.6 Å². The second-order valence-electron chi connectivity index (χ2n) is 13.8. The Morgan fingerprint density at radius 2 is 1.49 bits per heavy atom. The second kappa shape index (κ2) is 13.6. The summed E-state index contributed by atoms with van der Waals surface area (Å²) in [4.78, 5) is 39.4. The Bertz CT molecular complexity index is 1900. The van der Waals surface area contributed by atoms with Crippen LogP contribution in [0.2, 0.25) is 0 Å². The Hall–Kier alpha value is -4.83. The zero-order valence-corrected chi connectivity index (χ0v) is 29.8. The molecular weight excluding hydrogens is 686 g/mol. The molecule has 0 saturated heterocycles. The fourth-order valence-corrected chi connectivity index (χ4v) is 6.57. The van der Waals surface area contributed by atoms with Crippen molar-refractivity contribution in [2.75, 3.05) is 10.6 Å². The number of fused-ring (bicyclic) bond motifs is 6. The van der Waals surface area contributed by atoms with Crippen molar-refractivity contribution < 1.29 is 28.6 Å². The van der Waals surface area contributed by atoms with Crippen LogP contribution in [0.15, 0.2) is 84.9 Å². The van der Waals surface area contributed by atoms with E-state index in [1.807, 2.05) is 56.3 Å². The molecule has 0 aliphatic carbocycles. The van der Waals surface area contributed by atoms with Crippen LogP contribution in [0.25, 0.3) is 0 Å². The fourth-order valence-electron chi connectivity index (χ4n) is 6.20. The van der Waals surface area contributed by atoms with Gasteiger partial charge < -0.3 is 30.2 Å². The number of rotatable bonds is 9. The van der Waals surface area contributed by atoms with Crippen molar-refractivity contribution in [2.24, 2.45) is 5.92 Å². The Labute approximate surface area is 294 Å². The van der Waals surface area contributed by atoms with Gasteiger partial charge in [0.1, 0.15) is 23.1 Å². The van der Waals surface area contributed by atoms with Gasteiger partial charge in [0.25, 0.3) is 0 Å². The first-order valence-corrected chi connectivity index (χ1v) is 17.5. The molecule has 2 heterocycles. The molecule has 9 nitrogen and oxygen atoms in total. The quantitative estimate of drug-likeness (QED) is 0.117. The number of carbonyl (C=O) groups excluding carboxylic acids is 3. The summed E-state index contributed by atoms with van der Waals surface area (Å²) in [6.45, 7) is 9.86. The average Bonchev–Trinajstić information content (AvgIpc) is 3.34. The van der Waals surface area contributed by atoms with Crippen LogP contribution in [0, 0.1) is 5.92 Å². The van der Waals surface area contributed by atoms with Gasteiger partial charge in [-0.15, -0.1) is 0 Å². The Balaban J connectivity index is 1.32. The van der Waals surface area contributed by atoms with Gasteiger partial charge in [-0.1, -0.05) is 72.2 Å². The summed E-state index contributed by atoms with van der Waals surface area (Å²) >= 11 is 3.49. The van der Waals surface area contributed by atoms with E-state index >= 15 is 0 Å². The predicted octanol–water partition coefficient (Wildman–Crippen LogP) is 8.64. The van der Waals surface area contributed by atoms with E-state index < -0.39 is 35.2 Å². The van der Waals surface area contributed by atoms with E-state index in [1.165, 1.54) is 5.56 Å². The average molecular weight is 727 g/mol. The van der Waals surface area contributed by atoms with Gasteiger partial charge in [0.15, 0.2) is 5.60 Å². The third-order valence-corrected chi connectivity index (χ3v) is 9.02. The highest BCUT2D eigenvalue weighted by atomic mass is 79.9. The Morgan fingerprint density at radius 3 is 2.14 bits per heavy atom. The molecule has 2 aliphatic heterocycles. The zero-order chi connectivity index (χ0) is 34.9. The van der Waals surface area contributed by atoms with Gasteiger partial charge in [0, 0.05) is 52.1 Å². The zero-order valence-electron chi connectivity index (χ0n) is 28.2. The van der Waals surface area contributed by atoms with Crippen molar-refractivity contribution in [3.05, 3.63) is 118 Å². The number of carbonyl (C=O) groups is 3. The summed E-state index contributed by atoms with van der Waals surface area (Å²) in [6, 6.07) is 25.9. The first-order valence-electron chi connectivity index (χ1n) is 16.3. The van der Waals surface area contributed by atoms with Gasteiger partial charge in [-0.25, -0.2) is 9.59 Å². The van der Waals surface area contributed by atoms with E-state index in [4.69, 9.17) is 14.2 Å². The van der Waals surface area contributed by atoms with Gasteiger partial charge >= 0.3 is 12.1 Å². The summed E-state index contributed by atoms with van der Waals surface area (Å²) < 4.78 is 18.2. The Kier molecular flexibility index (Phi) is 9.44. The molecule has 0 aromatic heterocycles. The van der Waals surface area contributed by atoms with E-state index in [-0.39, 0.29) is 5.92 Å². The maximum Gasteiger partial charge on any atom is 0.408 e. The molecule has 254 valence electrons. The van der Waals surface area contributed by atoms with E-state index in [1.54, 1.807) is 39.0 Å². The lowest BCUT2D eigenvalue weighted by atomic mass is 9.77. The molecule has 2 amide bonds. The van der Waals surface area contributed by atoms with E-state index in [9.17, 15) is 14.4 Å². The molecule has 10 heteroatoms. The standard InChI is InChI=1S/C39H40BrN3O6/c1-23(2)18-32(43-37(46)49-38(3,4)5)35(44)42-27-15-17-31-34(20-27)47-33-19-26(41-22-25-12-10-24(21-40)11-13-25)14-16-30(33)39(31)29-9-7-6-8-28(29)36(45)48-39/h6-17,19-20,23,32,41H,18,21-22H2,1-5H3,(H,42,44)(H,43,46)/t32-,39?/m0/s1. The summed E-state index contributed by atoms with van der Waals surface area (Å²) in [5.41, 5.74) is 4.19. The van der Waals surface area contributed by atoms with Gasteiger partial charge in [-0.3, -0.25) is 4.79 Å². The summed E-state index contributed by atoms with van der Waals surface area (Å²) in [6.07, 6.45) is -0.255. The molecule has 0 radical (unpaired) electrons. The van der Waals surface area contributed by atoms with E-state index in [2.05, 4.69) is 56.1 Å². The molecule has 4 aromatic carbocycles. The molecule has 3 N–H and O–H groups in total. The number of hydrogen-bond donors (Lipinski definition) is 3. The van der Waals surface area contributed by atoms with Crippen LogP contribution in [0.3, 0.4) is 0 Å². The first kappa shape index (κ1) is 34.0. The minimum atomic E-state index is -1.25. The molecule has 1 unspecified atom stereocenters. The van der Waals surface area contributed by atoms with Crippen LogP contribution >= 0.6 is 15.9 Å². The predicted molar refractivity (Wildman–Crippen MR) is 192 cm³/mol. The number of alkyl halides is 1. The fraction of sp³-hybridized carbons (Fsp3) is 0.308. The Morgan fingerprint density at radius 1 is 0.857 bits per heavy atom. The summed E-state index contributed by atoms with van der Waals surface area (Å²) in [5.74, 6) is 0.258. The molecular formula is C39H40BrN3O6. The van der Waals surface area contributed by atoms with Crippen molar-refractivity contribution in [1.82, 2.24) is 5.32 Å². The van der Waals surface area contributed by atoms with Gasteiger partial charge in [-0.2, -0.15) is 0 Å². The van der Waals surface area contributed by atoms with Crippen molar-refractivity contribution in [3.63, 3.8) is 0 Å². The molecule has 2 aliphatic rings. The number of halogens is 1.